The van der Waals surface area contributed by atoms with Gasteiger partial charge in [-0.1, -0.05) is 18.2 Å². The number of aromatic nitrogens is 1. The summed E-state index contributed by atoms with van der Waals surface area (Å²) in [5.41, 5.74) is 5.50. The number of benzene rings is 1. The van der Waals surface area contributed by atoms with E-state index in [9.17, 15) is 20.0 Å². The fraction of sp³-hybridized carbons (Fsp3) is 0.267. The van der Waals surface area contributed by atoms with Gasteiger partial charge in [-0.25, -0.2) is 0 Å². The van der Waals surface area contributed by atoms with Gasteiger partial charge in [-0.15, -0.1) is 11.8 Å². The number of nitriles is 1. The van der Waals surface area contributed by atoms with Gasteiger partial charge >= 0.3 is 0 Å². The van der Waals surface area contributed by atoms with Crippen molar-refractivity contribution < 1.29 is 20.4 Å². The lowest BCUT2D eigenvalue weighted by atomic mass is 10.1. The standard InChI is InChI=1S/C15H16N4O3S/c16-5-13(10-6-18-12-4-2-1-3-9(10)12)23-8-11(17)15(22)19-7-14(20)21/h1-4,6,11,13,18H,7-8,17H2,(H,19,22)(H,20,21)/t11-,13?/m0/s1. The summed E-state index contributed by atoms with van der Waals surface area (Å²) < 4.78 is 0. The summed E-state index contributed by atoms with van der Waals surface area (Å²) >= 11 is 1.30. The molecule has 0 spiro atoms. The molecule has 1 heterocycles. The smallest absolute Gasteiger partial charge is 0.279 e. The minimum Gasteiger partial charge on any atom is -0.548 e. The number of carbonyl (C=O) groups excluding carboxylic acids is 2. The van der Waals surface area contributed by atoms with Gasteiger partial charge in [0.05, 0.1) is 24.3 Å². The Hall–Kier alpha value is -2.50. The molecule has 2 rings (SSSR count). The van der Waals surface area contributed by atoms with E-state index in [4.69, 9.17) is 0 Å². The maximum Gasteiger partial charge on any atom is 0.279 e. The average Bonchev–Trinajstić information content (AvgIpc) is 2.97. The highest BCUT2D eigenvalue weighted by molar-refractivity contribution is 7.99. The quantitative estimate of drug-likeness (QED) is 0.594. The Morgan fingerprint density at radius 1 is 1.43 bits per heavy atom. The normalized spacial score (nSPS) is 13.2. The Bertz CT molecular complexity index is 753. The molecule has 1 unspecified atom stereocenters. The first-order valence-electron chi connectivity index (χ1n) is 6.90. The molecule has 0 aliphatic rings. The molecule has 120 valence electrons. The van der Waals surface area contributed by atoms with Crippen LogP contribution in [0.5, 0.6) is 0 Å². The number of aromatic amines is 1. The summed E-state index contributed by atoms with van der Waals surface area (Å²) in [6, 6.07) is 9.23. The van der Waals surface area contributed by atoms with Gasteiger partial charge in [0.25, 0.3) is 5.91 Å². The van der Waals surface area contributed by atoms with Crippen LogP contribution in [-0.4, -0.2) is 35.2 Å². The summed E-state index contributed by atoms with van der Waals surface area (Å²) in [5, 5.41) is 22.5. The first kappa shape index (κ1) is 16.9. The predicted octanol–water partition coefficient (Wildman–Crippen LogP) is -1.06. The molecule has 1 amide bonds. The van der Waals surface area contributed by atoms with Gasteiger partial charge in [-0.05, 0) is 6.07 Å². The summed E-state index contributed by atoms with van der Waals surface area (Å²) in [5.74, 6) is -1.53. The number of H-pyrrole nitrogens is 1. The second-order valence-corrected chi connectivity index (χ2v) is 6.06. The van der Waals surface area contributed by atoms with Crippen LogP contribution >= 0.6 is 11.8 Å². The average molecular weight is 332 g/mol. The molecule has 0 fully saturated rings. The van der Waals surface area contributed by atoms with Gasteiger partial charge in [-0.3, -0.25) is 4.79 Å². The minimum atomic E-state index is -1.35. The van der Waals surface area contributed by atoms with Crippen LogP contribution in [0.25, 0.3) is 10.9 Å². The van der Waals surface area contributed by atoms with Crippen molar-refractivity contribution >= 4 is 34.5 Å². The van der Waals surface area contributed by atoms with Gasteiger partial charge in [0, 0.05) is 22.7 Å². The number of quaternary nitrogens is 1. The van der Waals surface area contributed by atoms with Gasteiger partial charge in [-0.2, -0.15) is 5.26 Å². The molecule has 7 nitrogen and oxygen atoms in total. The molecule has 0 aliphatic carbocycles. The Kier molecular flexibility index (Phi) is 5.62. The highest BCUT2D eigenvalue weighted by Gasteiger charge is 2.22. The number of carbonyl (C=O) groups is 2. The monoisotopic (exact) mass is 332 g/mol. The number of thioether (sulfide) groups is 1. The van der Waals surface area contributed by atoms with Gasteiger partial charge in [0.15, 0.2) is 6.04 Å². The van der Waals surface area contributed by atoms with Crippen molar-refractivity contribution in [1.29, 1.82) is 5.26 Å². The largest absolute Gasteiger partial charge is 0.548 e. The van der Waals surface area contributed by atoms with Crippen LogP contribution in [-0.2, 0) is 9.59 Å². The van der Waals surface area contributed by atoms with Crippen LogP contribution in [0.15, 0.2) is 30.5 Å². The van der Waals surface area contributed by atoms with E-state index in [1.54, 1.807) is 6.20 Å². The molecule has 8 heteroatoms. The molecule has 0 saturated carbocycles. The second-order valence-electron chi connectivity index (χ2n) is 4.92. The molecule has 0 aliphatic heterocycles. The van der Waals surface area contributed by atoms with E-state index in [2.05, 4.69) is 22.1 Å². The topological polar surface area (TPSA) is 136 Å². The second kappa shape index (κ2) is 7.67. The van der Waals surface area contributed by atoms with Gasteiger partial charge in [0.1, 0.15) is 5.25 Å². The molecular weight excluding hydrogens is 316 g/mol. The van der Waals surface area contributed by atoms with E-state index in [1.165, 1.54) is 11.8 Å². The third-order valence-corrected chi connectivity index (χ3v) is 4.55. The fourth-order valence-electron chi connectivity index (χ4n) is 2.10. The number of rotatable bonds is 7. The minimum absolute atomic E-state index is 0.302. The van der Waals surface area contributed by atoms with Crippen molar-refractivity contribution in [2.45, 2.75) is 11.3 Å². The Morgan fingerprint density at radius 2 is 2.17 bits per heavy atom. The van der Waals surface area contributed by atoms with Crippen LogP contribution < -0.4 is 16.2 Å². The van der Waals surface area contributed by atoms with Crippen molar-refractivity contribution in [1.82, 2.24) is 10.3 Å². The maximum atomic E-state index is 11.7. The molecule has 0 radical (unpaired) electrons. The third-order valence-electron chi connectivity index (χ3n) is 3.26. The van der Waals surface area contributed by atoms with Crippen molar-refractivity contribution in [3.8, 4) is 6.07 Å². The molecule has 1 aromatic heterocycles. The lowest BCUT2D eigenvalue weighted by Crippen LogP contribution is -2.69. The van der Waals surface area contributed by atoms with E-state index >= 15 is 0 Å². The zero-order chi connectivity index (χ0) is 16.8. The van der Waals surface area contributed by atoms with Crippen LogP contribution in [0, 0.1) is 11.3 Å². The number of hydrogen-bond donors (Lipinski definition) is 3. The number of aliphatic carboxylic acids is 1. The first-order valence-corrected chi connectivity index (χ1v) is 7.95. The molecule has 0 saturated heterocycles. The number of carboxylic acids is 1. The van der Waals surface area contributed by atoms with Crippen LogP contribution in [0.3, 0.4) is 0 Å². The highest BCUT2D eigenvalue weighted by atomic mass is 32.2. The number of para-hydroxylation sites is 1. The number of fused-ring (bicyclic) bond motifs is 1. The molecule has 2 aromatic rings. The van der Waals surface area contributed by atoms with Crippen LogP contribution in [0.1, 0.15) is 10.8 Å². The summed E-state index contributed by atoms with van der Waals surface area (Å²) in [6.07, 6.45) is 1.79. The fourth-order valence-corrected chi connectivity index (χ4v) is 3.12. The van der Waals surface area contributed by atoms with Crippen molar-refractivity contribution in [2.75, 3.05) is 12.3 Å². The van der Waals surface area contributed by atoms with Crippen molar-refractivity contribution in [3.63, 3.8) is 0 Å². The number of hydrogen-bond acceptors (Lipinski definition) is 5. The van der Waals surface area contributed by atoms with E-state index in [0.29, 0.717) is 5.75 Å². The molecule has 1 aromatic carbocycles. The number of nitrogens with zero attached hydrogens (tertiary/aromatic N) is 1. The molecule has 5 N–H and O–H groups in total. The SMILES string of the molecule is N#CC(SC[C@H]([NH3+])C(=O)NCC(=O)[O-])c1c[nH]c2ccccc12. The molecule has 0 bridgehead atoms. The number of carboxylic acid groups (broad SMARTS) is 1. The zero-order valence-electron chi connectivity index (χ0n) is 12.2. The highest BCUT2D eigenvalue weighted by Crippen LogP contribution is 2.33. The molecule has 23 heavy (non-hydrogen) atoms. The van der Waals surface area contributed by atoms with E-state index in [-0.39, 0.29) is 0 Å². The number of nitrogens with one attached hydrogen (secondary N) is 2. The third kappa shape index (κ3) is 4.25. The Morgan fingerprint density at radius 3 is 2.87 bits per heavy atom. The Balaban J connectivity index is 1.99. The van der Waals surface area contributed by atoms with E-state index < -0.39 is 29.7 Å². The van der Waals surface area contributed by atoms with Gasteiger partial charge < -0.3 is 25.9 Å². The van der Waals surface area contributed by atoms with Crippen molar-refractivity contribution in [3.05, 3.63) is 36.0 Å². The lowest BCUT2D eigenvalue weighted by molar-refractivity contribution is -0.396. The zero-order valence-corrected chi connectivity index (χ0v) is 13.1. The first-order chi connectivity index (χ1) is 11.0. The van der Waals surface area contributed by atoms with E-state index in [1.807, 2.05) is 24.3 Å². The molecule has 2 atom stereocenters. The predicted molar refractivity (Wildman–Crippen MR) is 83.8 cm³/mol. The lowest BCUT2D eigenvalue weighted by Gasteiger charge is -2.12. The number of amides is 1. The summed E-state index contributed by atoms with van der Waals surface area (Å²) in [6.45, 7) is -0.542. The van der Waals surface area contributed by atoms with Crippen LogP contribution in [0.2, 0.25) is 0 Å². The van der Waals surface area contributed by atoms with Crippen molar-refractivity contribution in [2.24, 2.45) is 0 Å². The maximum absolute atomic E-state index is 11.7. The Labute approximate surface area is 136 Å². The van der Waals surface area contributed by atoms with E-state index in [0.717, 1.165) is 16.5 Å². The summed E-state index contributed by atoms with van der Waals surface area (Å²) in [4.78, 5) is 25.1. The summed E-state index contributed by atoms with van der Waals surface area (Å²) in [7, 11) is 0. The molecular formula is C15H16N4O3S. The van der Waals surface area contributed by atoms with Crippen LogP contribution in [0.4, 0.5) is 0 Å². The van der Waals surface area contributed by atoms with Gasteiger partial charge in [0.2, 0.25) is 0 Å².